The number of likely N-dealkylation sites (tertiary alicyclic amines) is 1. The van der Waals surface area contributed by atoms with Crippen molar-refractivity contribution in [2.24, 2.45) is 5.92 Å². The minimum Gasteiger partial charge on any atom is -0.462 e. The molecule has 0 amide bonds. The number of piperidine rings is 1. The van der Waals surface area contributed by atoms with Crippen LogP contribution in [0.4, 0.5) is 0 Å². The number of esters is 1. The maximum atomic E-state index is 12.0. The predicted molar refractivity (Wildman–Crippen MR) is 101 cm³/mol. The summed E-state index contributed by atoms with van der Waals surface area (Å²) in [6, 6.07) is 18.6. The molecule has 0 unspecified atom stereocenters. The summed E-state index contributed by atoms with van der Waals surface area (Å²) in [7, 11) is 0. The maximum Gasteiger partial charge on any atom is 0.338 e. The van der Waals surface area contributed by atoms with E-state index in [1.54, 1.807) is 0 Å². The van der Waals surface area contributed by atoms with E-state index < -0.39 is 0 Å². The Morgan fingerprint density at radius 1 is 1.16 bits per heavy atom. The molecule has 132 valence electrons. The SMILES string of the molecule is CCOC(=O)c1cccc([C@H]2CCN(Cc3ccccc3)C[C@@H]2C)c1. The molecule has 1 fully saturated rings. The van der Waals surface area contributed by atoms with Gasteiger partial charge in [-0.1, -0.05) is 49.4 Å². The highest BCUT2D eigenvalue weighted by atomic mass is 16.5. The number of ether oxygens (including phenoxy) is 1. The van der Waals surface area contributed by atoms with Crippen molar-refractivity contribution in [3.63, 3.8) is 0 Å². The molecule has 3 rings (SSSR count). The molecule has 3 nitrogen and oxygen atoms in total. The Labute approximate surface area is 150 Å². The molecule has 2 atom stereocenters. The van der Waals surface area contributed by atoms with Crippen LogP contribution in [0, 0.1) is 5.92 Å². The number of hydrogen-bond donors (Lipinski definition) is 0. The number of carbonyl (C=O) groups excluding carboxylic acids is 1. The fourth-order valence-electron chi connectivity index (χ4n) is 3.82. The van der Waals surface area contributed by atoms with Crippen molar-refractivity contribution in [1.82, 2.24) is 4.90 Å². The van der Waals surface area contributed by atoms with E-state index in [1.807, 2.05) is 25.1 Å². The van der Waals surface area contributed by atoms with E-state index in [0.717, 1.165) is 26.1 Å². The molecule has 0 bridgehead atoms. The lowest BCUT2D eigenvalue weighted by Gasteiger charge is -2.37. The maximum absolute atomic E-state index is 12.0. The summed E-state index contributed by atoms with van der Waals surface area (Å²) in [6.07, 6.45) is 1.13. The third kappa shape index (κ3) is 4.49. The number of hydrogen-bond acceptors (Lipinski definition) is 3. The number of nitrogens with zero attached hydrogens (tertiary/aromatic N) is 1. The highest BCUT2D eigenvalue weighted by molar-refractivity contribution is 5.89. The normalized spacial score (nSPS) is 21.0. The Kier molecular flexibility index (Phi) is 5.87. The molecule has 2 aromatic rings. The molecular formula is C22H27NO2. The predicted octanol–water partition coefficient (Wildman–Crippen LogP) is 4.49. The second kappa shape index (κ2) is 8.30. The molecule has 2 aromatic carbocycles. The van der Waals surface area contributed by atoms with Gasteiger partial charge in [-0.25, -0.2) is 4.79 Å². The minimum atomic E-state index is -0.224. The average Bonchev–Trinajstić information content (AvgIpc) is 2.63. The van der Waals surface area contributed by atoms with Crippen LogP contribution in [-0.2, 0) is 11.3 Å². The van der Waals surface area contributed by atoms with E-state index in [9.17, 15) is 4.79 Å². The summed E-state index contributed by atoms with van der Waals surface area (Å²) >= 11 is 0. The van der Waals surface area contributed by atoms with Gasteiger partial charge < -0.3 is 4.74 Å². The first-order valence-electron chi connectivity index (χ1n) is 9.20. The molecule has 1 saturated heterocycles. The topological polar surface area (TPSA) is 29.5 Å². The summed E-state index contributed by atoms with van der Waals surface area (Å²) in [5.41, 5.74) is 3.30. The van der Waals surface area contributed by atoms with Gasteiger partial charge in [-0.2, -0.15) is 0 Å². The van der Waals surface area contributed by atoms with Crippen LogP contribution in [0.3, 0.4) is 0 Å². The highest BCUT2D eigenvalue weighted by Gasteiger charge is 2.27. The van der Waals surface area contributed by atoms with Gasteiger partial charge in [0.25, 0.3) is 0 Å². The van der Waals surface area contributed by atoms with Crippen LogP contribution in [0.1, 0.15) is 47.7 Å². The quantitative estimate of drug-likeness (QED) is 0.753. The lowest BCUT2D eigenvalue weighted by Crippen LogP contribution is -2.37. The fraction of sp³-hybridized carbons (Fsp3) is 0.409. The smallest absolute Gasteiger partial charge is 0.338 e. The molecule has 0 saturated carbocycles. The van der Waals surface area contributed by atoms with Crippen LogP contribution in [0.2, 0.25) is 0 Å². The Morgan fingerprint density at radius 2 is 1.96 bits per heavy atom. The highest BCUT2D eigenvalue weighted by Crippen LogP contribution is 2.33. The first kappa shape index (κ1) is 17.7. The van der Waals surface area contributed by atoms with E-state index in [0.29, 0.717) is 24.0 Å². The van der Waals surface area contributed by atoms with Crippen LogP contribution < -0.4 is 0 Å². The van der Waals surface area contributed by atoms with Crippen LogP contribution in [-0.4, -0.2) is 30.6 Å². The molecule has 1 aliphatic heterocycles. The van der Waals surface area contributed by atoms with Crippen molar-refractivity contribution >= 4 is 5.97 Å². The van der Waals surface area contributed by atoms with Gasteiger partial charge in [-0.3, -0.25) is 4.90 Å². The molecule has 3 heteroatoms. The van der Waals surface area contributed by atoms with Crippen LogP contribution in [0.15, 0.2) is 54.6 Å². The first-order valence-corrected chi connectivity index (χ1v) is 9.20. The van der Waals surface area contributed by atoms with Gasteiger partial charge >= 0.3 is 5.97 Å². The third-order valence-electron chi connectivity index (χ3n) is 5.06. The average molecular weight is 337 g/mol. The van der Waals surface area contributed by atoms with Gasteiger partial charge in [0.2, 0.25) is 0 Å². The molecule has 1 aliphatic rings. The summed E-state index contributed by atoms with van der Waals surface area (Å²) < 4.78 is 5.13. The monoisotopic (exact) mass is 337 g/mol. The van der Waals surface area contributed by atoms with Crippen LogP contribution in [0.5, 0.6) is 0 Å². The van der Waals surface area contributed by atoms with Gasteiger partial charge in [-0.05, 0) is 55.0 Å². The summed E-state index contributed by atoms with van der Waals surface area (Å²) in [5, 5.41) is 0. The van der Waals surface area contributed by atoms with Crippen molar-refractivity contribution in [2.75, 3.05) is 19.7 Å². The second-order valence-corrected chi connectivity index (χ2v) is 6.94. The van der Waals surface area contributed by atoms with Crippen LogP contribution >= 0.6 is 0 Å². The molecule has 0 radical (unpaired) electrons. The zero-order chi connectivity index (χ0) is 17.6. The van der Waals surface area contributed by atoms with Crippen molar-refractivity contribution < 1.29 is 9.53 Å². The van der Waals surface area contributed by atoms with E-state index in [2.05, 4.69) is 48.2 Å². The van der Waals surface area contributed by atoms with Gasteiger partial charge in [0.05, 0.1) is 12.2 Å². The van der Waals surface area contributed by atoms with Crippen molar-refractivity contribution in [2.45, 2.75) is 32.7 Å². The standard InChI is InChI=1S/C22H27NO2/c1-3-25-22(24)20-11-7-10-19(14-20)21-12-13-23(15-17(21)2)16-18-8-5-4-6-9-18/h4-11,14,17,21H,3,12-13,15-16H2,1-2H3/t17-,21-/m0/s1. The van der Waals surface area contributed by atoms with Gasteiger partial charge in [0, 0.05) is 13.1 Å². The minimum absolute atomic E-state index is 0.224. The molecular weight excluding hydrogens is 310 g/mol. The zero-order valence-electron chi connectivity index (χ0n) is 15.2. The van der Waals surface area contributed by atoms with Gasteiger partial charge in [-0.15, -0.1) is 0 Å². The van der Waals surface area contributed by atoms with E-state index in [4.69, 9.17) is 4.74 Å². The van der Waals surface area contributed by atoms with Gasteiger partial charge in [0.1, 0.15) is 0 Å². The van der Waals surface area contributed by atoms with Crippen molar-refractivity contribution in [3.05, 3.63) is 71.3 Å². The molecule has 0 aliphatic carbocycles. The Morgan fingerprint density at radius 3 is 2.68 bits per heavy atom. The lowest BCUT2D eigenvalue weighted by molar-refractivity contribution is 0.0526. The lowest BCUT2D eigenvalue weighted by atomic mass is 9.81. The Balaban J connectivity index is 1.65. The molecule has 0 aromatic heterocycles. The fourth-order valence-corrected chi connectivity index (χ4v) is 3.82. The molecule has 0 N–H and O–H groups in total. The number of benzene rings is 2. The summed E-state index contributed by atoms with van der Waals surface area (Å²) in [5.74, 6) is 0.842. The molecule has 25 heavy (non-hydrogen) atoms. The Hall–Kier alpha value is -2.13. The zero-order valence-corrected chi connectivity index (χ0v) is 15.2. The second-order valence-electron chi connectivity index (χ2n) is 6.94. The van der Waals surface area contributed by atoms with E-state index in [1.165, 1.54) is 11.1 Å². The van der Waals surface area contributed by atoms with Gasteiger partial charge in [0.15, 0.2) is 0 Å². The number of carbonyl (C=O) groups is 1. The largest absolute Gasteiger partial charge is 0.462 e. The van der Waals surface area contributed by atoms with Crippen molar-refractivity contribution in [3.8, 4) is 0 Å². The molecule has 0 spiro atoms. The first-order chi connectivity index (χ1) is 12.2. The third-order valence-corrected chi connectivity index (χ3v) is 5.06. The molecule has 1 heterocycles. The van der Waals surface area contributed by atoms with E-state index >= 15 is 0 Å². The van der Waals surface area contributed by atoms with Crippen molar-refractivity contribution in [1.29, 1.82) is 0 Å². The Bertz CT molecular complexity index is 698. The summed E-state index contributed by atoms with van der Waals surface area (Å²) in [6.45, 7) is 7.76. The van der Waals surface area contributed by atoms with E-state index in [-0.39, 0.29) is 5.97 Å². The van der Waals surface area contributed by atoms with Crippen LogP contribution in [0.25, 0.3) is 0 Å². The number of rotatable bonds is 5. The summed E-state index contributed by atoms with van der Waals surface area (Å²) in [4.78, 5) is 14.5.